The van der Waals surface area contributed by atoms with Crippen LogP contribution in [0.1, 0.15) is 92.4 Å². The molecule has 37 heavy (non-hydrogen) atoms. The number of Topliss-reactive ketones (excluding diaryl/α,β-unsaturated/α-hetero) is 1. The molecule has 0 amide bonds. The summed E-state index contributed by atoms with van der Waals surface area (Å²) in [6.07, 6.45) is 8.78. The number of carbonyl (C=O) groups excluding carboxylic acids is 3. The average Bonchev–Trinajstić information content (AvgIpc) is 3.17. The molecule has 0 spiro atoms. The summed E-state index contributed by atoms with van der Waals surface area (Å²) in [7, 11) is 0. The first-order valence-corrected chi connectivity index (χ1v) is 14.6. The Bertz CT molecular complexity index is 898. The molecule has 0 aliphatic heterocycles. The summed E-state index contributed by atoms with van der Waals surface area (Å²) in [6, 6.07) is 0. The molecule has 4 aliphatic carbocycles. The van der Waals surface area contributed by atoms with E-state index in [0.717, 1.165) is 44.9 Å². The third-order valence-electron chi connectivity index (χ3n) is 11.4. The number of ether oxygens (including phenoxy) is 2. The lowest BCUT2D eigenvalue weighted by molar-refractivity contribution is -0.221. The number of hydrogen-bond donors (Lipinski definition) is 1. The number of esters is 2. The lowest BCUT2D eigenvalue weighted by Gasteiger charge is -2.64. The lowest BCUT2D eigenvalue weighted by atomic mass is 9.42. The zero-order valence-electron chi connectivity index (χ0n) is 23.5. The number of fused-ring (bicyclic) bond motifs is 5. The van der Waals surface area contributed by atoms with Crippen molar-refractivity contribution in [1.82, 2.24) is 0 Å². The molecule has 0 bridgehead atoms. The zero-order chi connectivity index (χ0) is 27.1. The van der Waals surface area contributed by atoms with Crippen molar-refractivity contribution in [2.45, 2.75) is 105 Å². The number of aliphatic hydroxyl groups excluding tert-OH is 1. The first-order chi connectivity index (χ1) is 17.5. The fourth-order valence-corrected chi connectivity index (χ4v) is 9.83. The van der Waals surface area contributed by atoms with Crippen LogP contribution in [-0.4, -0.2) is 41.6 Å². The van der Waals surface area contributed by atoms with E-state index >= 15 is 0 Å². The monoisotopic (exact) mass is 516 g/mol. The van der Waals surface area contributed by atoms with Crippen LogP contribution in [0.25, 0.3) is 0 Å². The van der Waals surface area contributed by atoms with Crippen molar-refractivity contribution in [3.05, 3.63) is 12.7 Å². The highest BCUT2D eigenvalue weighted by atomic mass is 16.5. The van der Waals surface area contributed by atoms with Crippen molar-refractivity contribution in [1.29, 1.82) is 0 Å². The van der Waals surface area contributed by atoms with Crippen molar-refractivity contribution < 1.29 is 29.0 Å². The Morgan fingerprint density at radius 3 is 2.46 bits per heavy atom. The molecular formula is C31H48O6. The lowest BCUT2D eigenvalue weighted by Crippen LogP contribution is -2.64. The van der Waals surface area contributed by atoms with Crippen LogP contribution < -0.4 is 0 Å². The van der Waals surface area contributed by atoms with Crippen LogP contribution in [-0.2, 0) is 23.9 Å². The van der Waals surface area contributed by atoms with E-state index in [4.69, 9.17) is 9.47 Å². The van der Waals surface area contributed by atoms with Crippen LogP contribution in [0.3, 0.4) is 0 Å². The van der Waals surface area contributed by atoms with Gasteiger partial charge in [-0.15, -0.1) is 6.58 Å². The van der Waals surface area contributed by atoms with Crippen molar-refractivity contribution in [3.8, 4) is 0 Å². The Labute approximate surface area is 222 Å². The maximum Gasteiger partial charge on any atom is 0.302 e. The van der Waals surface area contributed by atoms with Crippen LogP contribution in [0.4, 0.5) is 0 Å². The predicted molar refractivity (Wildman–Crippen MR) is 141 cm³/mol. The highest BCUT2D eigenvalue weighted by Gasteiger charge is 2.68. The molecule has 208 valence electrons. The Morgan fingerprint density at radius 2 is 1.84 bits per heavy atom. The number of hydrogen-bond acceptors (Lipinski definition) is 6. The van der Waals surface area contributed by atoms with Crippen molar-refractivity contribution in [2.75, 3.05) is 6.61 Å². The maximum absolute atomic E-state index is 13.1. The molecule has 0 aromatic heterocycles. The molecule has 0 heterocycles. The van der Waals surface area contributed by atoms with E-state index in [0.29, 0.717) is 30.5 Å². The van der Waals surface area contributed by atoms with Gasteiger partial charge in [-0.25, -0.2) is 0 Å². The molecule has 1 N–H and O–H groups in total. The minimum Gasteiger partial charge on any atom is -0.462 e. The number of rotatable bonds is 8. The van der Waals surface area contributed by atoms with Gasteiger partial charge in [-0.1, -0.05) is 26.8 Å². The van der Waals surface area contributed by atoms with Gasteiger partial charge >= 0.3 is 11.9 Å². The molecule has 4 fully saturated rings. The second-order valence-corrected chi connectivity index (χ2v) is 13.2. The first-order valence-electron chi connectivity index (χ1n) is 14.6. The van der Waals surface area contributed by atoms with E-state index in [1.54, 1.807) is 0 Å². The molecule has 0 aromatic carbocycles. The molecule has 6 nitrogen and oxygen atoms in total. The van der Waals surface area contributed by atoms with E-state index in [1.807, 2.05) is 6.08 Å². The fraction of sp³-hybridized carbons (Fsp3) is 0.839. The van der Waals surface area contributed by atoms with Gasteiger partial charge in [0.15, 0.2) is 0 Å². The van der Waals surface area contributed by atoms with Gasteiger partial charge < -0.3 is 14.6 Å². The van der Waals surface area contributed by atoms with Gasteiger partial charge in [0.25, 0.3) is 0 Å². The average molecular weight is 517 g/mol. The molecule has 4 rings (SSSR count). The van der Waals surface area contributed by atoms with Crippen LogP contribution in [0, 0.1) is 52.3 Å². The first kappa shape index (κ1) is 28.3. The van der Waals surface area contributed by atoms with Crippen LogP contribution in [0.15, 0.2) is 12.7 Å². The Morgan fingerprint density at radius 1 is 1.14 bits per heavy atom. The second kappa shape index (κ2) is 10.8. The summed E-state index contributed by atoms with van der Waals surface area (Å²) >= 11 is 0. The normalized spacial score (nSPS) is 43.7. The van der Waals surface area contributed by atoms with E-state index in [1.165, 1.54) is 13.8 Å². The van der Waals surface area contributed by atoms with E-state index < -0.39 is 0 Å². The summed E-state index contributed by atoms with van der Waals surface area (Å²) in [6.45, 7) is 14.0. The van der Waals surface area contributed by atoms with Gasteiger partial charge in [-0.3, -0.25) is 14.4 Å². The molecule has 0 saturated heterocycles. The van der Waals surface area contributed by atoms with Gasteiger partial charge in [0.2, 0.25) is 0 Å². The molecule has 4 aliphatic rings. The van der Waals surface area contributed by atoms with Gasteiger partial charge in [-0.2, -0.15) is 0 Å². The Kier molecular flexibility index (Phi) is 8.28. The molecule has 0 aromatic rings. The van der Waals surface area contributed by atoms with Gasteiger partial charge in [0, 0.05) is 44.1 Å². The standard InChI is InChI=1S/C31H48O6/c1-7-9-21-17-30(5)22(14-26(21)35)15-27(36-19(3)33)29-24-12-11-23(18(2)10-8-13-32)31(24,6)28(16-25(29)30)37-20(4)34/h7,18,21-25,27-29,32H,1,8-17H2,2-6H3/t18-,21?,22+,23-,24+,25+,27-,28+,29+,30+,31-/m1/s1. The SMILES string of the molecule is C=CCC1C[C@@]2(C)[C@@H](CC1=O)C[C@@H](OC(C)=O)[C@@H]1[C@@H]2C[C@H](OC(C)=O)[C@]2(C)[C@@H]([C@H](C)CCCO)CC[C@@H]12. The highest BCUT2D eigenvalue weighted by Crippen LogP contribution is 2.69. The van der Waals surface area contributed by atoms with Crippen LogP contribution in [0.5, 0.6) is 0 Å². The number of aliphatic hydroxyl groups is 1. The minimum atomic E-state index is -0.256. The smallest absolute Gasteiger partial charge is 0.302 e. The molecule has 11 atom stereocenters. The molecule has 4 saturated carbocycles. The van der Waals surface area contributed by atoms with Gasteiger partial charge in [0.05, 0.1) is 0 Å². The summed E-state index contributed by atoms with van der Waals surface area (Å²) in [5.74, 6) is 1.41. The Hall–Kier alpha value is -1.69. The fourth-order valence-electron chi connectivity index (χ4n) is 9.83. The summed E-state index contributed by atoms with van der Waals surface area (Å²) in [5.41, 5.74) is -0.294. The summed E-state index contributed by atoms with van der Waals surface area (Å²) in [5, 5.41) is 9.47. The molecular weight excluding hydrogens is 468 g/mol. The van der Waals surface area contributed by atoms with Gasteiger partial charge in [0.1, 0.15) is 18.0 Å². The summed E-state index contributed by atoms with van der Waals surface area (Å²) < 4.78 is 12.3. The van der Waals surface area contributed by atoms with Gasteiger partial charge in [-0.05, 0) is 86.4 Å². The van der Waals surface area contributed by atoms with Crippen LogP contribution >= 0.6 is 0 Å². The number of allylic oxidation sites excluding steroid dienone is 1. The van der Waals surface area contributed by atoms with Crippen molar-refractivity contribution in [3.63, 3.8) is 0 Å². The third-order valence-corrected chi connectivity index (χ3v) is 11.4. The maximum atomic E-state index is 13.1. The quantitative estimate of drug-likeness (QED) is 0.338. The molecule has 1 unspecified atom stereocenters. The second-order valence-electron chi connectivity index (χ2n) is 13.2. The number of ketones is 1. The van der Waals surface area contributed by atoms with E-state index in [9.17, 15) is 19.5 Å². The van der Waals surface area contributed by atoms with E-state index in [-0.39, 0.29) is 71.2 Å². The molecule has 0 radical (unpaired) electrons. The van der Waals surface area contributed by atoms with Crippen molar-refractivity contribution >= 4 is 17.7 Å². The topological polar surface area (TPSA) is 89.9 Å². The Balaban J connectivity index is 1.77. The number of carbonyl (C=O) groups is 3. The van der Waals surface area contributed by atoms with E-state index in [2.05, 4.69) is 27.4 Å². The predicted octanol–water partition coefficient (Wildman–Crippen LogP) is 5.51. The van der Waals surface area contributed by atoms with Crippen LogP contribution in [0.2, 0.25) is 0 Å². The van der Waals surface area contributed by atoms with Crippen molar-refractivity contribution in [2.24, 2.45) is 52.3 Å². The summed E-state index contributed by atoms with van der Waals surface area (Å²) in [4.78, 5) is 37.8. The molecule has 6 heteroatoms. The third kappa shape index (κ3) is 4.92. The minimum absolute atomic E-state index is 0.0139. The zero-order valence-corrected chi connectivity index (χ0v) is 23.5. The largest absolute Gasteiger partial charge is 0.462 e. The highest BCUT2D eigenvalue weighted by molar-refractivity contribution is 5.82.